The van der Waals surface area contributed by atoms with Crippen LogP contribution in [0.5, 0.6) is 0 Å². The molecule has 29 heavy (non-hydrogen) atoms. The molecule has 0 saturated carbocycles. The van der Waals surface area contributed by atoms with E-state index in [-0.39, 0.29) is 18.8 Å². The number of alkyl halides is 3. The fourth-order valence-corrected chi connectivity index (χ4v) is 3.28. The summed E-state index contributed by atoms with van der Waals surface area (Å²) in [6, 6.07) is 7.67. The number of piperidine rings is 1. The molecule has 1 aromatic carbocycles. The lowest BCUT2D eigenvalue weighted by molar-refractivity contribution is -0.174. The summed E-state index contributed by atoms with van der Waals surface area (Å²) in [5.74, 6) is -3.45. The Kier molecular flexibility index (Phi) is 7.41. The van der Waals surface area contributed by atoms with Crippen molar-refractivity contribution in [3.8, 4) is 0 Å². The molecule has 0 aliphatic carbocycles. The second-order valence-corrected chi connectivity index (χ2v) is 6.80. The molecule has 1 heterocycles. The van der Waals surface area contributed by atoms with E-state index in [0.717, 1.165) is 5.56 Å². The van der Waals surface area contributed by atoms with Gasteiger partial charge in [-0.25, -0.2) is 4.79 Å². The molecule has 158 valence electrons. The van der Waals surface area contributed by atoms with Gasteiger partial charge in [-0.05, 0) is 19.4 Å². The fraction of sp³-hybridized carbons (Fsp3) is 0.450. The van der Waals surface area contributed by atoms with Crippen LogP contribution in [0.4, 0.5) is 18.0 Å². The van der Waals surface area contributed by atoms with Crippen LogP contribution in [0.25, 0.3) is 0 Å². The molecule has 0 unspecified atom stereocenters. The number of ether oxygens (including phenoxy) is 1. The van der Waals surface area contributed by atoms with E-state index in [1.165, 1.54) is 4.90 Å². The monoisotopic (exact) mass is 412 g/mol. The Bertz CT molecular complexity index is 765. The zero-order chi connectivity index (χ0) is 21.6. The van der Waals surface area contributed by atoms with Crippen molar-refractivity contribution in [1.29, 1.82) is 0 Å². The molecule has 0 radical (unpaired) electrons. The molecule has 1 saturated heterocycles. The van der Waals surface area contributed by atoms with Crippen molar-refractivity contribution in [2.24, 2.45) is 5.92 Å². The van der Waals surface area contributed by atoms with Crippen molar-refractivity contribution >= 4 is 17.8 Å². The quantitative estimate of drug-likeness (QED) is 0.754. The van der Waals surface area contributed by atoms with Gasteiger partial charge in [0.1, 0.15) is 12.4 Å². The van der Waals surface area contributed by atoms with Crippen molar-refractivity contribution in [3.63, 3.8) is 0 Å². The number of nitrogens with zero attached hydrogens (tertiary/aromatic N) is 1. The lowest BCUT2D eigenvalue weighted by Gasteiger charge is -2.42. The predicted octanol–water partition coefficient (Wildman–Crippen LogP) is 3.23. The summed E-state index contributed by atoms with van der Waals surface area (Å²) in [5.41, 5.74) is 0.776. The zero-order valence-electron chi connectivity index (χ0n) is 16.1. The lowest BCUT2D eigenvalue weighted by Crippen LogP contribution is -2.58. The van der Waals surface area contributed by atoms with Crippen LogP contribution >= 0.6 is 0 Å². The number of ketones is 1. The van der Waals surface area contributed by atoms with E-state index in [9.17, 15) is 27.6 Å². The van der Waals surface area contributed by atoms with Gasteiger partial charge in [0.15, 0.2) is 0 Å². The van der Waals surface area contributed by atoms with Crippen LogP contribution < -0.4 is 5.32 Å². The van der Waals surface area contributed by atoms with Gasteiger partial charge in [-0.3, -0.25) is 14.5 Å². The maximum Gasteiger partial charge on any atom is 0.471 e. The number of amides is 2. The highest BCUT2D eigenvalue weighted by Crippen LogP contribution is 2.28. The summed E-state index contributed by atoms with van der Waals surface area (Å²) in [4.78, 5) is 37.7. The molecule has 0 bridgehead atoms. The summed E-state index contributed by atoms with van der Waals surface area (Å²) < 4.78 is 42.8. The SMILES string of the molecule is C/C=C/[C@H]1[C@H](CNC(=O)C(F)(F)F)C(=O)C[C@@H](C)N1C(=O)OCc1ccccc1. The molecule has 1 fully saturated rings. The Morgan fingerprint density at radius 2 is 1.93 bits per heavy atom. The van der Waals surface area contributed by atoms with Gasteiger partial charge >= 0.3 is 18.2 Å². The molecule has 1 N–H and O–H groups in total. The number of nitrogens with one attached hydrogen (secondary N) is 1. The van der Waals surface area contributed by atoms with Gasteiger partial charge in [-0.2, -0.15) is 13.2 Å². The van der Waals surface area contributed by atoms with E-state index in [4.69, 9.17) is 4.74 Å². The average molecular weight is 412 g/mol. The van der Waals surface area contributed by atoms with E-state index >= 15 is 0 Å². The first-order valence-electron chi connectivity index (χ1n) is 9.14. The number of likely N-dealkylation sites (tertiary alicyclic amines) is 1. The molecular weight excluding hydrogens is 389 g/mol. The Hall–Kier alpha value is -2.84. The van der Waals surface area contributed by atoms with Crippen LogP contribution in [-0.4, -0.2) is 47.5 Å². The number of hydrogen-bond donors (Lipinski definition) is 1. The van der Waals surface area contributed by atoms with Crippen LogP contribution in [0.3, 0.4) is 0 Å². The summed E-state index contributed by atoms with van der Waals surface area (Å²) >= 11 is 0. The zero-order valence-corrected chi connectivity index (χ0v) is 16.1. The number of benzene rings is 1. The third-order valence-electron chi connectivity index (χ3n) is 4.66. The van der Waals surface area contributed by atoms with Gasteiger partial charge in [0, 0.05) is 19.0 Å². The van der Waals surface area contributed by atoms with Crippen molar-refractivity contribution in [1.82, 2.24) is 10.2 Å². The number of halogens is 3. The highest BCUT2D eigenvalue weighted by atomic mass is 19.4. The lowest BCUT2D eigenvalue weighted by atomic mass is 9.84. The third-order valence-corrected chi connectivity index (χ3v) is 4.66. The van der Waals surface area contributed by atoms with E-state index in [2.05, 4.69) is 0 Å². The first kappa shape index (κ1) is 22.4. The highest BCUT2D eigenvalue weighted by molar-refractivity contribution is 5.87. The first-order chi connectivity index (χ1) is 13.6. The van der Waals surface area contributed by atoms with E-state index in [1.54, 1.807) is 55.6 Å². The molecular formula is C20H23F3N2O4. The summed E-state index contributed by atoms with van der Waals surface area (Å²) in [6.45, 7) is 2.83. The summed E-state index contributed by atoms with van der Waals surface area (Å²) in [7, 11) is 0. The molecule has 3 atom stereocenters. The first-order valence-corrected chi connectivity index (χ1v) is 9.14. The van der Waals surface area contributed by atoms with Crippen molar-refractivity contribution in [2.45, 2.75) is 45.1 Å². The predicted molar refractivity (Wildman–Crippen MR) is 98.7 cm³/mol. The molecule has 9 heteroatoms. The maximum absolute atomic E-state index is 12.7. The van der Waals surface area contributed by atoms with Crippen LogP contribution in [0, 0.1) is 5.92 Å². The molecule has 2 rings (SSSR count). The molecule has 1 aliphatic rings. The van der Waals surface area contributed by atoms with Gasteiger partial charge in [0.2, 0.25) is 0 Å². The number of rotatable bonds is 5. The van der Waals surface area contributed by atoms with Crippen LogP contribution in [-0.2, 0) is 20.9 Å². The average Bonchev–Trinajstić information content (AvgIpc) is 2.65. The molecule has 1 aliphatic heterocycles. The molecule has 2 amide bonds. The number of carbonyl (C=O) groups excluding carboxylic acids is 3. The number of carbonyl (C=O) groups is 3. The standard InChI is InChI=1S/C20H23F3N2O4/c1-3-7-16-15(11-24-18(27)20(21,22)23)17(26)10-13(2)25(16)19(28)29-12-14-8-5-4-6-9-14/h3-9,13,15-16H,10-12H2,1-2H3,(H,24,27)/b7-3+/t13-,15+,16+/m1/s1. The minimum absolute atomic E-state index is 0.0227. The Morgan fingerprint density at radius 1 is 1.28 bits per heavy atom. The van der Waals surface area contributed by atoms with E-state index < -0.39 is 42.7 Å². The van der Waals surface area contributed by atoms with E-state index in [0.29, 0.717) is 0 Å². The molecule has 6 nitrogen and oxygen atoms in total. The van der Waals surface area contributed by atoms with Crippen molar-refractivity contribution in [2.75, 3.05) is 6.54 Å². The number of Topliss-reactive ketones (excluding diaryl/α,β-unsaturated/α-hetero) is 1. The summed E-state index contributed by atoms with van der Waals surface area (Å²) in [6.07, 6.45) is -2.60. The number of allylic oxidation sites excluding steroid dienone is 1. The second-order valence-electron chi connectivity index (χ2n) is 6.80. The van der Waals surface area contributed by atoms with Crippen LogP contribution in [0.1, 0.15) is 25.8 Å². The fourth-order valence-electron chi connectivity index (χ4n) is 3.28. The minimum Gasteiger partial charge on any atom is -0.445 e. The van der Waals surface area contributed by atoms with Gasteiger partial charge in [-0.1, -0.05) is 42.5 Å². The highest BCUT2D eigenvalue weighted by Gasteiger charge is 2.44. The minimum atomic E-state index is -5.05. The normalized spacial score (nSPS) is 22.6. The van der Waals surface area contributed by atoms with Crippen molar-refractivity contribution < 1.29 is 32.3 Å². The third kappa shape index (κ3) is 5.82. The maximum atomic E-state index is 12.7. The van der Waals surface area contributed by atoms with Gasteiger partial charge in [-0.15, -0.1) is 0 Å². The second kappa shape index (κ2) is 9.58. The molecule has 1 aromatic rings. The van der Waals surface area contributed by atoms with Crippen molar-refractivity contribution in [3.05, 3.63) is 48.0 Å². The number of hydrogen-bond acceptors (Lipinski definition) is 4. The summed E-state index contributed by atoms with van der Waals surface area (Å²) in [5, 5.41) is 1.75. The smallest absolute Gasteiger partial charge is 0.445 e. The molecule has 0 aromatic heterocycles. The Morgan fingerprint density at radius 3 is 2.52 bits per heavy atom. The Labute approximate surface area is 166 Å². The largest absolute Gasteiger partial charge is 0.471 e. The van der Waals surface area contributed by atoms with Gasteiger partial charge in [0.05, 0.1) is 12.0 Å². The van der Waals surface area contributed by atoms with Gasteiger partial charge in [0.25, 0.3) is 0 Å². The molecule has 0 spiro atoms. The van der Waals surface area contributed by atoms with Crippen LogP contribution in [0.15, 0.2) is 42.5 Å². The Balaban J connectivity index is 2.15. The van der Waals surface area contributed by atoms with Gasteiger partial charge < -0.3 is 10.1 Å². The van der Waals surface area contributed by atoms with E-state index in [1.807, 2.05) is 6.07 Å². The topological polar surface area (TPSA) is 75.7 Å². The van der Waals surface area contributed by atoms with Crippen LogP contribution in [0.2, 0.25) is 0 Å².